The van der Waals surface area contributed by atoms with Crippen LogP contribution in [0.4, 0.5) is 0 Å². The largest absolute Gasteiger partial charge is 0.262 e. The number of hydrogen-bond donors (Lipinski definition) is 2. The molecule has 0 unspecified atom stereocenters. The van der Waals surface area contributed by atoms with Crippen molar-refractivity contribution in [1.29, 1.82) is 0 Å². The van der Waals surface area contributed by atoms with E-state index in [-0.39, 0.29) is 6.54 Å². The second kappa shape index (κ2) is 4.89. The van der Waals surface area contributed by atoms with Crippen LogP contribution in [0.25, 0.3) is 0 Å². The summed E-state index contributed by atoms with van der Waals surface area (Å²) in [5, 5.41) is 6.02. The average molecular weight is 268 g/mol. The Kier molecular flexibility index (Phi) is 3.99. The monoisotopic (exact) mass is 268 g/mol. The summed E-state index contributed by atoms with van der Waals surface area (Å²) in [4.78, 5) is 3.72. The van der Waals surface area contributed by atoms with Crippen LogP contribution < -0.4 is 4.72 Å². The van der Waals surface area contributed by atoms with Crippen molar-refractivity contribution in [2.24, 2.45) is 0 Å². The van der Waals surface area contributed by atoms with E-state index >= 15 is 0 Å². The summed E-state index contributed by atoms with van der Waals surface area (Å²) in [6, 6.07) is 0. The van der Waals surface area contributed by atoms with Gasteiger partial charge >= 0.3 is 0 Å². The molecular weight excluding hydrogens is 256 g/mol. The number of H-pyrrole nitrogens is 1. The van der Waals surface area contributed by atoms with Crippen LogP contribution >= 0.6 is 0 Å². The number of sulfone groups is 1. The summed E-state index contributed by atoms with van der Waals surface area (Å²) in [5.74, 6) is -0.499. The molecule has 0 atom stereocenters. The van der Waals surface area contributed by atoms with Crippen LogP contribution in [0.2, 0.25) is 0 Å². The molecule has 1 aromatic rings. The van der Waals surface area contributed by atoms with E-state index in [0.717, 1.165) is 6.26 Å². The molecule has 2 N–H and O–H groups in total. The van der Waals surface area contributed by atoms with E-state index in [1.807, 2.05) is 0 Å². The van der Waals surface area contributed by atoms with Gasteiger partial charge in [-0.05, 0) is 0 Å². The van der Waals surface area contributed by atoms with Gasteiger partial charge in [0.1, 0.15) is 22.0 Å². The zero-order valence-corrected chi connectivity index (χ0v) is 10.2. The van der Waals surface area contributed by atoms with Gasteiger partial charge in [-0.25, -0.2) is 26.5 Å². The zero-order valence-electron chi connectivity index (χ0n) is 8.54. The van der Waals surface area contributed by atoms with Gasteiger partial charge in [-0.2, -0.15) is 5.10 Å². The molecule has 1 heterocycles. The maximum absolute atomic E-state index is 11.3. The highest BCUT2D eigenvalue weighted by Gasteiger charge is 2.14. The Morgan fingerprint density at radius 1 is 1.31 bits per heavy atom. The molecule has 0 aromatic carbocycles. The van der Waals surface area contributed by atoms with Crippen molar-refractivity contribution in [3.05, 3.63) is 12.2 Å². The summed E-state index contributed by atoms with van der Waals surface area (Å²) < 4.78 is 46.5. The highest BCUT2D eigenvalue weighted by atomic mass is 32.2. The summed E-state index contributed by atoms with van der Waals surface area (Å²) in [7, 11) is -6.89. The molecule has 0 aliphatic heterocycles. The fourth-order valence-corrected chi connectivity index (χ4v) is 3.42. The smallest absolute Gasteiger partial charge is 0.213 e. The lowest BCUT2D eigenvalue weighted by Crippen LogP contribution is -2.29. The molecule has 0 bridgehead atoms. The number of nitrogens with one attached hydrogen (secondary N) is 2. The van der Waals surface area contributed by atoms with E-state index < -0.39 is 31.4 Å². The van der Waals surface area contributed by atoms with Gasteiger partial charge in [0.05, 0.1) is 18.1 Å². The van der Waals surface area contributed by atoms with Crippen molar-refractivity contribution in [3.63, 3.8) is 0 Å². The SMILES string of the molecule is CS(=O)(=O)CCS(=O)(=O)NCc1ncn[nH]1. The lowest BCUT2D eigenvalue weighted by atomic mass is 10.6. The molecule has 0 aliphatic rings. The van der Waals surface area contributed by atoms with Gasteiger partial charge in [0.25, 0.3) is 0 Å². The molecule has 1 aromatic heterocycles. The van der Waals surface area contributed by atoms with Gasteiger partial charge in [0, 0.05) is 6.26 Å². The Bertz CT molecular complexity index is 519. The minimum absolute atomic E-state index is 0.0356. The molecule has 8 nitrogen and oxygen atoms in total. The molecule has 0 fully saturated rings. The Morgan fingerprint density at radius 3 is 2.50 bits per heavy atom. The summed E-state index contributed by atoms with van der Waals surface area (Å²) in [6.45, 7) is -0.0356. The molecule has 0 radical (unpaired) electrons. The first-order valence-corrected chi connectivity index (χ1v) is 7.99. The predicted molar refractivity (Wildman–Crippen MR) is 56.7 cm³/mol. The molecule has 0 aliphatic carbocycles. The third-order valence-corrected chi connectivity index (χ3v) is 4.18. The number of aromatic amines is 1. The zero-order chi connectivity index (χ0) is 12.2. The van der Waals surface area contributed by atoms with E-state index in [4.69, 9.17) is 0 Å². The Morgan fingerprint density at radius 2 is 2.00 bits per heavy atom. The summed E-state index contributed by atoms with van der Waals surface area (Å²) in [5.41, 5.74) is 0. The number of hydrogen-bond acceptors (Lipinski definition) is 6. The second-order valence-electron chi connectivity index (χ2n) is 3.20. The van der Waals surface area contributed by atoms with Crippen LogP contribution in [0.5, 0.6) is 0 Å². The number of aromatic nitrogens is 3. The standard InChI is InChI=1S/C6H12N4O4S2/c1-15(11,12)2-3-16(13,14)9-4-6-7-5-8-10-6/h5,9H,2-4H2,1H3,(H,7,8,10). The third-order valence-electron chi connectivity index (χ3n) is 1.65. The molecule has 1 rings (SSSR count). The lowest BCUT2D eigenvalue weighted by molar-refractivity contribution is 0.577. The van der Waals surface area contributed by atoms with E-state index in [2.05, 4.69) is 19.9 Å². The summed E-state index contributed by atoms with van der Waals surface area (Å²) >= 11 is 0. The number of rotatable bonds is 6. The maximum atomic E-state index is 11.3. The number of nitrogens with zero attached hydrogens (tertiary/aromatic N) is 2. The van der Waals surface area contributed by atoms with Crippen LogP contribution in [-0.2, 0) is 26.4 Å². The molecule has 0 amide bonds. The van der Waals surface area contributed by atoms with Gasteiger partial charge < -0.3 is 0 Å². The van der Waals surface area contributed by atoms with Crippen LogP contribution in [0.1, 0.15) is 5.82 Å². The first-order chi connectivity index (χ1) is 7.29. The van der Waals surface area contributed by atoms with Crippen LogP contribution in [-0.4, -0.2) is 49.8 Å². The molecule has 10 heteroatoms. The number of sulfonamides is 1. The van der Waals surface area contributed by atoms with E-state index in [1.165, 1.54) is 6.33 Å². The fraction of sp³-hybridized carbons (Fsp3) is 0.667. The minimum atomic E-state index is -3.61. The van der Waals surface area contributed by atoms with Crippen LogP contribution in [0.15, 0.2) is 6.33 Å². The molecule has 0 saturated heterocycles. The predicted octanol–water partition coefficient (Wildman–Crippen LogP) is -1.73. The summed E-state index contributed by atoms with van der Waals surface area (Å²) in [6.07, 6.45) is 2.24. The topological polar surface area (TPSA) is 122 Å². The van der Waals surface area contributed by atoms with Crippen LogP contribution in [0.3, 0.4) is 0 Å². The fourth-order valence-electron chi connectivity index (χ4n) is 0.828. The maximum Gasteiger partial charge on any atom is 0.213 e. The van der Waals surface area contributed by atoms with Crippen molar-refractivity contribution in [2.75, 3.05) is 17.8 Å². The van der Waals surface area contributed by atoms with Gasteiger partial charge in [-0.1, -0.05) is 0 Å². The van der Waals surface area contributed by atoms with E-state index in [0.29, 0.717) is 5.82 Å². The molecule has 16 heavy (non-hydrogen) atoms. The second-order valence-corrected chi connectivity index (χ2v) is 7.39. The third kappa shape index (κ3) is 5.19. The first kappa shape index (κ1) is 13.1. The van der Waals surface area contributed by atoms with Gasteiger partial charge in [0.15, 0.2) is 0 Å². The van der Waals surface area contributed by atoms with Gasteiger partial charge in [-0.3, -0.25) is 5.10 Å². The Hall–Kier alpha value is -1.00. The molecular formula is C6H12N4O4S2. The van der Waals surface area contributed by atoms with Crippen LogP contribution in [0, 0.1) is 0 Å². The van der Waals surface area contributed by atoms with Gasteiger partial charge in [0.2, 0.25) is 10.0 Å². The normalized spacial score (nSPS) is 12.8. The van der Waals surface area contributed by atoms with Crippen molar-refractivity contribution in [1.82, 2.24) is 19.9 Å². The molecule has 0 spiro atoms. The van der Waals surface area contributed by atoms with Crippen molar-refractivity contribution >= 4 is 19.9 Å². The Labute approximate surface area is 93.4 Å². The minimum Gasteiger partial charge on any atom is -0.262 e. The quantitative estimate of drug-likeness (QED) is 0.632. The van der Waals surface area contributed by atoms with Crippen molar-refractivity contribution in [2.45, 2.75) is 6.54 Å². The molecule has 0 saturated carbocycles. The molecule has 92 valence electrons. The highest BCUT2D eigenvalue weighted by Crippen LogP contribution is 1.92. The lowest BCUT2D eigenvalue weighted by Gasteiger charge is -2.03. The van der Waals surface area contributed by atoms with Gasteiger partial charge in [-0.15, -0.1) is 0 Å². The Balaban J connectivity index is 2.47. The van der Waals surface area contributed by atoms with Crippen molar-refractivity contribution in [3.8, 4) is 0 Å². The first-order valence-electron chi connectivity index (χ1n) is 4.28. The van der Waals surface area contributed by atoms with E-state index in [1.54, 1.807) is 0 Å². The van der Waals surface area contributed by atoms with E-state index in [9.17, 15) is 16.8 Å². The highest BCUT2D eigenvalue weighted by molar-refractivity contribution is 7.93. The van der Waals surface area contributed by atoms with Crippen molar-refractivity contribution < 1.29 is 16.8 Å². The average Bonchev–Trinajstić information content (AvgIpc) is 2.64.